The molecular weight excluding hydrogens is 266 g/mol. The fourth-order valence-electron chi connectivity index (χ4n) is 3.59. The van der Waals surface area contributed by atoms with Crippen LogP contribution in [-0.4, -0.2) is 32.5 Å². The molecule has 4 nitrogen and oxygen atoms in total. The molecule has 2 heterocycles. The first-order valence-electron chi connectivity index (χ1n) is 7.84. The highest BCUT2D eigenvalue weighted by molar-refractivity contribution is 5.30. The lowest BCUT2D eigenvalue weighted by Gasteiger charge is -2.44. The molecule has 2 saturated heterocycles. The fourth-order valence-corrected chi connectivity index (χ4v) is 3.59. The molecule has 0 bridgehead atoms. The monoisotopic (exact) mass is 291 g/mol. The maximum Gasteiger partial charge on any atom is 0.119 e. The quantitative estimate of drug-likeness (QED) is 0.930. The van der Waals surface area contributed by atoms with Crippen molar-refractivity contribution in [1.29, 1.82) is 0 Å². The van der Waals surface area contributed by atoms with Gasteiger partial charge in [0.15, 0.2) is 0 Å². The molecule has 0 aromatic heterocycles. The van der Waals surface area contributed by atoms with Crippen LogP contribution >= 0.6 is 0 Å². The summed E-state index contributed by atoms with van der Waals surface area (Å²) >= 11 is 0. The van der Waals surface area contributed by atoms with Gasteiger partial charge in [0.05, 0.1) is 12.7 Å². The Kier molecular flexibility index (Phi) is 4.48. The van der Waals surface area contributed by atoms with Gasteiger partial charge in [0, 0.05) is 25.9 Å². The molecule has 21 heavy (non-hydrogen) atoms. The molecule has 3 rings (SSSR count). The van der Waals surface area contributed by atoms with Gasteiger partial charge in [-0.1, -0.05) is 12.1 Å². The van der Waals surface area contributed by atoms with Crippen molar-refractivity contribution in [3.05, 3.63) is 29.8 Å². The fraction of sp³-hybridized carbons (Fsp3) is 0.647. The Labute approximate surface area is 126 Å². The van der Waals surface area contributed by atoms with E-state index in [0.29, 0.717) is 5.92 Å². The topological polar surface area (TPSA) is 53.7 Å². The highest BCUT2D eigenvalue weighted by Crippen LogP contribution is 2.41. The number of rotatable bonds is 3. The van der Waals surface area contributed by atoms with Gasteiger partial charge in [-0.25, -0.2) is 0 Å². The lowest BCUT2D eigenvalue weighted by molar-refractivity contribution is -0.149. The highest BCUT2D eigenvalue weighted by atomic mass is 16.5. The van der Waals surface area contributed by atoms with Crippen molar-refractivity contribution in [2.75, 3.05) is 26.9 Å². The summed E-state index contributed by atoms with van der Waals surface area (Å²) in [6.07, 6.45) is 4.05. The molecule has 2 unspecified atom stereocenters. The Bertz CT molecular complexity index is 465. The van der Waals surface area contributed by atoms with Crippen LogP contribution in [0.4, 0.5) is 0 Å². The zero-order valence-corrected chi connectivity index (χ0v) is 12.7. The van der Waals surface area contributed by atoms with E-state index >= 15 is 0 Å². The van der Waals surface area contributed by atoms with Crippen molar-refractivity contribution in [3.8, 4) is 5.75 Å². The van der Waals surface area contributed by atoms with E-state index in [1.54, 1.807) is 7.11 Å². The number of hydrogen-bond acceptors (Lipinski definition) is 4. The van der Waals surface area contributed by atoms with Crippen molar-refractivity contribution in [2.45, 2.75) is 37.3 Å². The highest BCUT2D eigenvalue weighted by Gasteiger charge is 2.40. The van der Waals surface area contributed by atoms with E-state index < -0.39 is 0 Å². The summed E-state index contributed by atoms with van der Waals surface area (Å²) in [6, 6.07) is 8.16. The molecule has 2 fully saturated rings. The molecule has 0 radical (unpaired) electrons. The third-order valence-corrected chi connectivity index (χ3v) is 4.92. The van der Waals surface area contributed by atoms with Gasteiger partial charge in [-0.15, -0.1) is 0 Å². The Morgan fingerprint density at radius 3 is 2.86 bits per heavy atom. The average Bonchev–Trinajstić information content (AvgIpc) is 2.55. The van der Waals surface area contributed by atoms with Gasteiger partial charge in [0.25, 0.3) is 0 Å². The van der Waals surface area contributed by atoms with Crippen LogP contribution in [0.3, 0.4) is 0 Å². The summed E-state index contributed by atoms with van der Waals surface area (Å²) in [6.45, 7) is 2.42. The number of nitrogens with two attached hydrogens (primary N) is 1. The molecule has 1 spiro atoms. The van der Waals surface area contributed by atoms with Crippen LogP contribution in [0.2, 0.25) is 0 Å². The molecular formula is C17H25NO3. The zero-order valence-electron chi connectivity index (χ0n) is 12.7. The van der Waals surface area contributed by atoms with Crippen LogP contribution in [0.1, 0.15) is 37.3 Å². The van der Waals surface area contributed by atoms with Gasteiger partial charge in [-0.3, -0.25) is 0 Å². The Morgan fingerprint density at radius 2 is 2.10 bits per heavy atom. The second-order valence-corrected chi connectivity index (χ2v) is 6.20. The van der Waals surface area contributed by atoms with Crippen molar-refractivity contribution in [1.82, 2.24) is 0 Å². The van der Waals surface area contributed by atoms with Gasteiger partial charge in [0.1, 0.15) is 5.75 Å². The Hall–Kier alpha value is -1.10. The van der Waals surface area contributed by atoms with Crippen LogP contribution < -0.4 is 10.5 Å². The third-order valence-electron chi connectivity index (χ3n) is 4.92. The van der Waals surface area contributed by atoms with Crippen LogP contribution in [0.25, 0.3) is 0 Å². The maximum atomic E-state index is 6.54. The molecule has 1 aromatic rings. The van der Waals surface area contributed by atoms with Crippen LogP contribution in [0.5, 0.6) is 5.75 Å². The van der Waals surface area contributed by atoms with Gasteiger partial charge >= 0.3 is 0 Å². The van der Waals surface area contributed by atoms with Gasteiger partial charge in [-0.2, -0.15) is 0 Å². The summed E-state index contributed by atoms with van der Waals surface area (Å²) in [5, 5.41) is 0. The summed E-state index contributed by atoms with van der Waals surface area (Å²) in [7, 11) is 1.69. The molecule has 2 aliphatic heterocycles. The molecule has 116 valence electrons. The molecule has 0 aliphatic carbocycles. The summed E-state index contributed by atoms with van der Waals surface area (Å²) in [4.78, 5) is 0. The Morgan fingerprint density at radius 1 is 1.29 bits per heavy atom. The van der Waals surface area contributed by atoms with Crippen molar-refractivity contribution in [3.63, 3.8) is 0 Å². The SMILES string of the molecule is COc1cccc(C(N)C2CCOC3(CCOCC3)C2)c1. The van der Waals surface area contributed by atoms with Crippen LogP contribution in [-0.2, 0) is 9.47 Å². The molecule has 2 aliphatic rings. The van der Waals surface area contributed by atoms with E-state index in [0.717, 1.165) is 56.8 Å². The minimum Gasteiger partial charge on any atom is -0.497 e. The Balaban J connectivity index is 1.72. The predicted octanol–water partition coefficient (Wildman–Crippen LogP) is 2.67. The minimum absolute atomic E-state index is 0.00233. The number of methoxy groups -OCH3 is 1. The number of ether oxygens (including phenoxy) is 3. The first kappa shape index (κ1) is 14.8. The molecule has 2 N–H and O–H groups in total. The smallest absolute Gasteiger partial charge is 0.119 e. The van der Waals surface area contributed by atoms with Crippen molar-refractivity contribution >= 4 is 0 Å². The third kappa shape index (κ3) is 3.23. The second-order valence-electron chi connectivity index (χ2n) is 6.20. The maximum absolute atomic E-state index is 6.54. The number of hydrogen-bond donors (Lipinski definition) is 1. The first-order chi connectivity index (χ1) is 10.2. The predicted molar refractivity (Wildman–Crippen MR) is 81.4 cm³/mol. The van der Waals surface area contributed by atoms with Gasteiger partial charge < -0.3 is 19.9 Å². The second kappa shape index (κ2) is 6.34. The van der Waals surface area contributed by atoms with Gasteiger partial charge in [-0.05, 0) is 49.3 Å². The molecule has 0 saturated carbocycles. The number of benzene rings is 1. The molecule has 1 aromatic carbocycles. The van der Waals surface area contributed by atoms with E-state index in [2.05, 4.69) is 12.1 Å². The molecule has 2 atom stereocenters. The van der Waals surface area contributed by atoms with E-state index in [1.807, 2.05) is 12.1 Å². The van der Waals surface area contributed by atoms with E-state index in [-0.39, 0.29) is 11.6 Å². The standard InChI is InChI=1S/C17H25NO3/c1-19-15-4-2-3-13(11-15)16(18)14-5-8-21-17(12-14)6-9-20-10-7-17/h2-4,11,14,16H,5-10,12,18H2,1H3. The molecule has 0 amide bonds. The summed E-state index contributed by atoms with van der Waals surface area (Å²) in [5.74, 6) is 1.33. The van der Waals surface area contributed by atoms with E-state index in [1.165, 1.54) is 0 Å². The van der Waals surface area contributed by atoms with E-state index in [4.69, 9.17) is 19.9 Å². The lowest BCUT2D eigenvalue weighted by Crippen LogP contribution is -2.46. The van der Waals surface area contributed by atoms with Crippen LogP contribution in [0, 0.1) is 5.92 Å². The first-order valence-corrected chi connectivity index (χ1v) is 7.84. The molecule has 4 heteroatoms. The zero-order chi connectivity index (χ0) is 14.7. The average molecular weight is 291 g/mol. The summed E-state index contributed by atoms with van der Waals surface area (Å²) < 4.78 is 16.9. The van der Waals surface area contributed by atoms with Crippen molar-refractivity contribution < 1.29 is 14.2 Å². The largest absolute Gasteiger partial charge is 0.497 e. The van der Waals surface area contributed by atoms with Crippen LogP contribution in [0.15, 0.2) is 24.3 Å². The normalized spacial score (nSPS) is 26.5. The lowest BCUT2D eigenvalue weighted by atomic mass is 9.76. The minimum atomic E-state index is -0.00233. The van der Waals surface area contributed by atoms with E-state index in [9.17, 15) is 0 Å². The summed E-state index contributed by atoms with van der Waals surface area (Å²) in [5.41, 5.74) is 7.69. The van der Waals surface area contributed by atoms with Gasteiger partial charge in [0.2, 0.25) is 0 Å². The van der Waals surface area contributed by atoms with Crippen molar-refractivity contribution in [2.24, 2.45) is 11.7 Å².